The van der Waals surface area contributed by atoms with Gasteiger partial charge in [-0.3, -0.25) is 14.7 Å². The van der Waals surface area contributed by atoms with E-state index in [9.17, 15) is 14.0 Å². The Morgan fingerprint density at radius 3 is 2.52 bits per heavy atom. The standard InChI is InChI=1S/C22H18FN5O3/c1-27(16-6-4-15(23)5-7-16)21(29)14-3-9-18-19(11-14)28(13-25-18)17-8-10-20(24-12-17)26-22(30)31-2/h3-13H,1-2H3,(H,24,26,30). The second kappa shape index (κ2) is 8.23. The Kier molecular flexibility index (Phi) is 5.31. The minimum Gasteiger partial charge on any atom is -0.453 e. The van der Waals surface area contributed by atoms with Crippen LogP contribution in [-0.4, -0.2) is 40.7 Å². The van der Waals surface area contributed by atoms with Gasteiger partial charge in [0.1, 0.15) is 18.0 Å². The first-order valence-corrected chi connectivity index (χ1v) is 9.28. The normalized spacial score (nSPS) is 10.7. The lowest BCUT2D eigenvalue weighted by molar-refractivity contribution is 0.0993. The van der Waals surface area contributed by atoms with Crippen LogP contribution in [0.5, 0.6) is 0 Å². The minimum absolute atomic E-state index is 0.239. The van der Waals surface area contributed by atoms with Gasteiger partial charge < -0.3 is 9.64 Å². The molecule has 1 N–H and O–H groups in total. The van der Waals surface area contributed by atoms with Gasteiger partial charge in [0.15, 0.2) is 0 Å². The number of amides is 2. The van der Waals surface area contributed by atoms with E-state index in [2.05, 4.69) is 20.0 Å². The maximum atomic E-state index is 13.2. The number of ether oxygens (including phenoxy) is 1. The van der Waals surface area contributed by atoms with Crippen LogP contribution in [0.25, 0.3) is 16.7 Å². The van der Waals surface area contributed by atoms with Crippen LogP contribution >= 0.6 is 0 Å². The summed E-state index contributed by atoms with van der Waals surface area (Å²) in [7, 11) is 2.90. The van der Waals surface area contributed by atoms with Crippen molar-refractivity contribution in [2.75, 3.05) is 24.4 Å². The number of carbonyl (C=O) groups is 2. The van der Waals surface area contributed by atoms with Crippen molar-refractivity contribution in [2.45, 2.75) is 0 Å². The number of aromatic nitrogens is 3. The smallest absolute Gasteiger partial charge is 0.412 e. The Bertz CT molecular complexity index is 1250. The van der Waals surface area contributed by atoms with E-state index in [-0.39, 0.29) is 11.7 Å². The van der Waals surface area contributed by atoms with Crippen LogP contribution in [0.15, 0.2) is 67.1 Å². The van der Waals surface area contributed by atoms with Gasteiger partial charge in [0.25, 0.3) is 5.91 Å². The Morgan fingerprint density at radius 1 is 1.06 bits per heavy atom. The van der Waals surface area contributed by atoms with Gasteiger partial charge in [0.05, 0.1) is 30.0 Å². The van der Waals surface area contributed by atoms with E-state index in [0.29, 0.717) is 33.8 Å². The van der Waals surface area contributed by atoms with Crippen molar-refractivity contribution in [3.63, 3.8) is 0 Å². The van der Waals surface area contributed by atoms with E-state index in [4.69, 9.17) is 0 Å². The largest absolute Gasteiger partial charge is 0.453 e. The second-order valence-corrected chi connectivity index (χ2v) is 6.68. The number of nitrogens with one attached hydrogen (secondary N) is 1. The van der Waals surface area contributed by atoms with Crippen molar-refractivity contribution < 1.29 is 18.7 Å². The number of pyridine rings is 1. The van der Waals surface area contributed by atoms with Crippen LogP contribution < -0.4 is 10.2 Å². The monoisotopic (exact) mass is 419 g/mol. The van der Waals surface area contributed by atoms with E-state index in [0.717, 1.165) is 0 Å². The van der Waals surface area contributed by atoms with E-state index in [1.54, 1.807) is 66.6 Å². The molecule has 9 heteroatoms. The molecule has 2 aromatic carbocycles. The van der Waals surface area contributed by atoms with Crippen molar-refractivity contribution in [2.24, 2.45) is 0 Å². The number of halogens is 1. The molecule has 156 valence electrons. The van der Waals surface area contributed by atoms with Crippen molar-refractivity contribution in [1.29, 1.82) is 0 Å². The first-order valence-electron chi connectivity index (χ1n) is 9.28. The number of fused-ring (bicyclic) bond motifs is 1. The second-order valence-electron chi connectivity index (χ2n) is 6.68. The molecular weight excluding hydrogens is 401 g/mol. The molecule has 0 spiro atoms. The quantitative estimate of drug-likeness (QED) is 0.540. The summed E-state index contributed by atoms with van der Waals surface area (Å²) in [4.78, 5) is 34.3. The number of carbonyl (C=O) groups excluding carboxylic acids is 2. The molecule has 31 heavy (non-hydrogen) atoms. The molecule has 0 aliphatic rings. The molecule has 4 aromatic rings. The fraction of sp³-hybridized carbons (Fsp3) is 0.0909. The van der Waals surface area contributed by atoms with Gasteiger partial charge in [-0.05, 0) is 54.6 Å². The number of nitrogens with zero attached hydrogens (tertiary/aromatic N) is 4. The van der Waals surface area contributed by atoms with Gasteiger partial charge in [-0.1, -0.05) is 0 Å². The highest BCUT2D eigenvalue weighted by atomic mass is 19.1. The number of hydrogen-bond donors (Lipinski definition) is 1. The summed E-state index contributed by atoms with van der Waals surface area (Å²) in [5.74, 6) is -0.259. The lowest BCUT2D eigenvalue weighted by Crippen LogP contribution is -2.26. The highest BCUT2D eigenvalue weighted by Crippen LogP contribution is 2.22. The van der Waals surface area contributed by atoms with Gasteiger partial charge in [-0.25, -0.2) is 19.2 Å². The topological polar surface area (TPSA) is 89.3 Å². The SMILES string of the molecule is COC(=O)Nc1ccc(-n2cnc3ccc(C(=O)N(C)c4ccc(F)cc4)cc32)cn1. The molecule has 2 aromatic heterocycles. The van der Waals surface area contributed by atoms with E-state index in [1.807, 2.05) is 0 Å². The maximum absolute atomic E-state index is 13.2. The average Bonchev–Trinajstić information content (AvgIpc) is 3.22. The molecule has 0 saturated heterocycles. The highest BCUT2D eigenvalue weighted by Gasteiger charge is 2.16. The number of methoxy groups -OCH3 is 1. The molecule has 8 nitrogen and oxygen atoms in total. The number of benzene rings is 2. The molecule has 4 rings (SSSR count). The lowest BCUT2D eigenvalue weighted by Gasteiger charge is -2.17. The predicted octanol–water partition coefficient (Wildman–Crippen LogP) is 4.01. The molecule has 0 radical (unpaired) electrons. The Labute approximate surface area is 176 Å². The Balaban J connectivity index is 1.64. The zero-order valence-corrected chi connectivity index (χ0v) is 16.7. The van der Waals surface area contributed by atoms with Crippen molar-refractivity contribution >= 4 is 34.5 Å². The van der Waals surface area contributed by atoms with Crippen LogP contribution in [0, 0.1) is 5.82 Å². The van der Waals surface area contributed by atoms with Crippen LogP contribution in [-0.2, 0) is 4.74 Å². The number of anilines is 2. The molecule has 0 bridgehead atoms. The molecule has 0 saturated carbocycles. The summed E-state index contributed by atoms with van der Waals surface area (Å²) < 4.78 is 19.5. The third-order valence-corrected chi connectivity index (χ3v) is 4.75. The molecule has 0 atom stereocenters. The third kappa shape index (κ3) is 4.06. The van der Waals surface area contributed by atoms with Gasteiger partial charge in [0, 0.05) is 18.3 Å². The molecule has 0 fully saturated rings. The van der Waals surface area contributed by atoms with E-state index >= 15 is 0 Å². The molecule has 0 aliphatic heterocycles. The summed E-state index contributed by atoms with van der Waals surface area (Å²) in [6.45, 7) is 0. The van der Waals surface area contributed by atoms with Crippen LogP contribution in [0.3, 0.4) is 0 Å². The third-order valence-electron chi connectivity index (χ3n) is 4.75. The molecule has 2 amide bonds. The lowest BCUT2D eigenvalue weighted by atomic mass is 10.1. The first kappa shape index (κ1) is 20.0. The van der Waals surface area contributed by atoms with Gasteiger partial charge in [-0.2, -0.15) is 0 Å². The van der Waals surface area contributed by atoms with Crippen molar-refractivity contribution in [3.05, 3.63) is 78.5 Å². The number of hydrogen-bond acceptors (Lipinski definition) is 5. The fourth-order valence-electron chi connectivity index (χ4n) is 3.08. The van der Waals surface area contributed by atoms with Crippen LogP contribution in [0.2, 0.25) is 0 Å². The number of rotatable bonds is 4. The zero-order valence-electron chi connectivity index (χ0n) is 16.7. The summed E-state index contributed by atoms with van der Waals surface area (Å²) in [6, 6.07) is 14.3. The van der Waals surface area contributed by atoms with Crippen molar-refractivity contribution in [1.82, 2.24) is 14.5 Å². The van der Waals surface area contributed by atoms with E-state index in [1.165, 1.54) is 24.1 Å². The summed E-state index contributed by atoms with van der Waals surface area (Å²) in [5, 5.41) is 2.49. The minimum atomic E-state index is -0.609. The van der Waals surface area contributed by atoms with Gasteiger partial charge in [0.2, 0.25) is 0 Å². The molecule has 0 aliphatic carbocycles. The summed E-state index contributed by atoms with van der Waals surface area (Å²) in [5.41, 5.74) is 3.16. The van der Waals surface area contributed by atoms with Gasteiger partial charge in [-0.15, -0.1) is 0 Å². The summed E-state index contributed by atoms with van der Waals surface area (Å²) >= 11 is 0. The van der Waals surface area contributed by atoms with Crippen LogP contribution in [0.1, 0.15) is 10.4 Å². The van der Waals surface area contributed by atoms with Crippen molar-refractivity contribution in [3.8, 4) is 5.69 Å². The van der Waals surface area contributed by atoms with Crippen LogP contribution in [0.4, 0.5) is 20.7 Å². The van der Waals surface area contributed by atoms with E-state index < -0.39 is 6.09 Å². The fourth-order valence-corrected chi connectivity index (χ4v) is 3.08. The molecule has 0 unspecified atom stereocenters. The Morgan fingerprint density at radius 2 is 1.84 bits per heavy atom. The Hall–Kier alpha value is -4.27. The average molecular weight is 419 g/mol. The van der Waals surface area contributed by atoms with Gasteiger partial charge >= 0.3 is 6.09 Å². The maximum Gasteiger partial charge on any atom is 0.412 e. The highest BCUT2D eigenvalue weighted by molar-refractivity contribution is 6.07. The number of imidazole rings is 1. The molecule has 2 heterocycles. The molecular formula is C22H18FN5O3. The zero-order chi connectivity index (χ0) is 22.0. The summed E-state index contributed by atoms with van der Waals surface area (Å²) in [6.07, 6.45) is 2.60. The predicted molar refractivity (Wildman–Crippen MR) is 114 cm³/mol. The first-order chi connectivity index (χ1) is 15.0.